The van der Waals surface area contributed by atoms with E-state index >= 15 is 0 Å². The lowest BCUT2D eigenvalue weighted by atomic mass is 9.90. The Morgan fingerprint density at radius 2 is 1.39 bits per heavy atom. The van der Waals surface area contributed by atoms with Gasteiger partial charge in [-0.25, -0.2) is 24.9 Å². The van der Waals surface area contributed by atoms with Crippen LogP contribution in [0.3, 0.4) is 0 Å². The molecule has 0 spiro atoms. The zero-order valence-corrected chi connectivity index (χ0v) is 31.5. The van der Waals surface area contributed by atoms with Gasteiger partial charge in [-0.15, -0.1) is 0 Å². The zero-order chi connectivity index (χ0) is 40.2. The Morgan fingerprint density at radius 1 is 0.807 bits per heavy atom. The smallest absolute Gasteiger partial charge is 0.351 e. The van der Waals surface area contributed by atoms with E-state index in [1.165, 1.54) is 28.8 Å². The number of ether oxygens (including phenoxy) is 1. The molecule has 6 aromatic carbocycles. The number of hydrogen-bond acceptors (Lipinski definition) is 11. The summed E-state index contributed by atoms with van der Waals surface area (Å²) < 4.78 is 5.56. The first-order valence-corrected chi connectivity index (χ1v) is 18.2. The molecule has 3 heterocycles. The van der Waals surface area contributed by atoms with Crippen molar-refractivity contribution in [3.05, 3.63) is 141 Å². The number of benzene rings is 6. The van der Waals surface area contributed by atoms with Crippen LogP contribution < -0.4 is 25.8 Å². The van der Waals surface area contributed by atoms with E-state index in [4.69, 9.17) is 14.6 Å². The number of aromatic carboxylic acids is 2. The molecule has 1 saturated heterocycles. The number of aromatic hydroxyl groups is 2. The number of allylic oxidation sites excluding steroid dienone is 1. The minimum Gasteiger partial charge on any atom is -0.507 e. The Labute approximate surface area is 327 Å². The number of carboxylic acids is 2. The normalized spacial score (nSPS) is 16.4. The van der Waals surface area contributed by atoms with Crippen LogP contribution in [-0.4, -0.2) is 51.3 Å². The van der Waals surface area contributed by atoms with Crippen molar-refractivity contribution < 1.29 is 39.6 Å². The Balaban J connectivity index is 0.000000160. The molecule has 57 heavy (non-hydrogen) atoms. The monoisotopic (exact) mass is 765 g/mol. The molecule has 0 saturated carbocycles. The standard InChI is InChI=1S/C23H16O6.C21H23N5O2/c24-20-16(14-7-3-1-5-12(14)9-18(20)22(26)27)11-17-15-8-4-2-6-13(15)10-19(21(17)25)23(28)29;1-12-7-16(8-13(2)15(12)4)24-21-23-10-14(3)20(25-28-21)26(21)17-5-6-19-18(9-17)22-11-27-19/h1-10,24-25H,11H2,(H,26,27)(H,28,29);5-10,22,24-25H,11H2,1-4H3. The van der Waals surface area contributed by atoms with Crippen molar-refractivity contribution in [1.29, 1.82) is 0 Å². The molecular formula is C44H39N5O8. The van der Waals surface area contributed by atoms with Crippen LogP contribution in [0.1, 0.15) is 55.5 Å². The third-order valence-electron chi connectivity index (χ3n) is 10.6. The number of nitrogens with zero attached hydrogens (tertiary/aromatic N) is 2. The van der Waals surface area contributed by atoms with Gasteiger partial charge in [0.05, 0.1) is 11.4 Å². The van der Waals surface area contributed by atoms with Gasteiger partial charge in [0.1, 0.15) is 34.2 Å². The number of carbonyl (C=O) groups is 2. The van der Waals surface area contributed by atoms with Crippen LogP contribution in [0.25, 0.3) is 21.5 Å². The predicted molar refractivity (Wildman–Crippen MR) is 218 cm³/mol. The molecule has 1 atom stereocenters. The fraction of sp³-hybridized carbons (Fsp3) is 0.159. The number of aliphatic imine (C=N–C) groups is 1. The maximum absolute atomic E-state index is 11.6. The second-order valence-electron chi connectivity index (χ2n) is 14.2. The van der Waals surface area contributed by atoms with E-state index in [1.807, 2.05) is 30.2 Å². The van der Waals surface area contributed by atoms with Crippen molar-refractivity contribution >= 4 is 56.8 Å². The van der Waals surface area contributed by atoms with Crippen LogP contribution in [0.5, 0.6) is 17.2 Å². The van der Waals surface area contributed by atoms with Gasteiger partial charge in [-0.05, 0) is 108 Å². The lowest BCUT2D eigenvalue weighted by molar-refractivity contribution is -0.0214. The largest absolute Gasteiger partial charge is 0.507 e. The fourth-order valence-corrected chi connectivity index (χ4v) is 7.46. The number of anilines is 3. The van der Waals surface area contributed by atoms with Crippen LogP contribution >= 0.6 is 0 Å². The highest BCUT2D eigenvalue weighted by atomic mass is 16.7. The van der Waals surface area contributed by atoms with Gasteiger partial charge >= 0.3 is 17.9 Å². The van der Waals surface area contributed by atoms with Gasteiger partial charge < -0.3 is 35.8 Å². The number of fused-ring (bicyclic) bond motifs is 5. The Kier molecular flexibility index (Phi) is 9.09. The third kappa shape index (κ3) is 6.43. The summed E-state index contributed by atoms with van der Waals surface area (Å²) in [5.74, 6) is -2.74. The van der Waals surface area contributed by atoms with Gasteiger partial charge in [-0.3, -0.25) is 4.90 Å². The van der Waals surface area contributed by atoms with Crippen molar-refractivity contribution in [2.75, 3.05) is 22.3 Å². The van der Waals surface area contributed by atoms with Gasteiger partial charge in [0.25, 0.3) is 0 Å². The molecule has 7 N–H and O–H groups in total. The van der Waals surface area contributed by atoms with Crippen LogP contribution in [0.4, 0.5) is 17.1 Å². The van der Waals surface area contributed by atoms with Crippen LogP contribution in [-0.2, 0) is 11.3 Å². The Morgan fingerprint density at radius 3 is 1.96 bits per heavy atom. The highest BCUT2D eigenvalue weighted by molar-refractivity contribution is 6.02. The first-order chi connectivity index (χ1) is 27.3. The minimum absolute atomic E-state index is 0.0407. The molecule has 1 unspecified atom stereocenters. The van der Waals surface area contributed by atoms with Crippen molar-refractivity contribution in [2.45, 2.75) is 40.1 Å². The maximum atomic E-state index is 11.6. The Hall–Kier alpha value is -7.25. The van der Waals surface area contributed by atoms with Crippen molar-refractivity contribution in [3.8, 4) is 17.2 Å². The average molecular weight is 766 g/mol. The van der Waals surface area contributed by atoms with E-state index in [0.29, 0.717) is 39.4 Å². The first kappa shape index (κ1) is 36.7. The summed E-state index contributed by atoms with van der Waals surface area (Å²) in [7, 11) is 0. The zero-order valence-electron chi connectivity index (χ0n) is 31.5. The molecule has 13 heteroatoms. The fourth-order valence-electron chi connectivity index (χ4n) is 7.46. The number of carboxylic acid groups (broad SMARTS) is 2. The Bertz CT molecular complexity index is 2600. The second kappa shape index (κ2) is 14.1. The molecule has 6 aromatic rings. The van der Waals surface area contributed by atoms with E-state index in [9.17, 15) is 30.0 Å². The molecule has 0 aliphatic carbocycles. The molecule has 288 valence electrons. The van der Waals surface area contributed by atoms with E-state index in [2.05, 4.69) is 55.1 Å². The lowest BCUT2D eigenvalue weighted by Crippen LogP contribution is -2.51. The van der Waals surface area contributed by atoms with Gasteiger partial charge in [0.15, 0.2) is 6.73 Å². The summed E-state index contributed by atoms with van der Waals surface area (Å²) in [5.41, 5.74) is 10.8. The number of hydrogen-bond donors (Lipinski definition) is 7. The molecule has 0 amide bonds. The first-order valence-electron chi connectivity index (χ1n) is 18.2. The van der Waals surface area contributed by atoms with Crippen molar-refractivity contribution in [3.63, 3.8) is 0 Å². The van der Waals surface area contributed by atoms with Gasteiger partial charge in [-0.2, -0.15) is 0 Å². The molecule has 9 rings (SSSR count). The number of aryl methyl sites for hydroxylation is 2. The molecular weight excluding hydrogens is 727 g/mol. The number of hydroxylamine groups is 1. The van der Waals surface area contributed by atoms with Gasteiger partial charge in [0, 0.05) is 35.0 Å². The summed E-state index contributed by atoms with van der Waals surface area (Å²) in [4.78, 5) is 36.0. The van der Waals surface area contributed by atoms with Gasteiger partial charge in [0.2, 0.25) is 0 Å². The van der Waals surface area contributed by atoms with E-state index in [0.717, 1.165) is 34.2 Å². The van der Waals surface area contributed by atoms with Crippen molar-refractivity contribution in [2.24, 2.45) is 4.99 Å². The highest BCUT2D eigenvalue weighted by Crippen LogP contribution is 2.43. The summed E-state index contributed by atoms with van der Waals surface area (Å²) in [6, 6.07) is 27.0. The third-order valence-corrected chi connectivity index (χ3v) is 10.6. The maximum Gasteiger partial charge on any atom is 0.351 e. The molecule has 3 aliphatic heterocycles. The SMILES string of the molecule is CC1=C2NOC(Nc3cc(C)c(C)c(C)c3)(N=C1)N2c1ccc2c(c1)NCO2.O=C(O)c1cc2ccccc2c(Cc2c(O)c(C(=O)O)cc3ccccc23)c1O. The molecule has 0 radical (unpaired) electrons. The van der Waals surface area contributed by atoms with Crippen LogP contribution in [0, 0.1) is 20.8 Å². The number of nitrogens with one attached hydrogen (secondary N) is 3. The summed E-state index contributed by atoms with van der Waals surface area (Å²) >= 11 is 0. The number of phenols is 2. The molecule has 2 bridgehead atoms. The second-order valence-corrected chi connectivity index (χ2v) is 14.2. The van der Waals surface area contributed by atoms with E-state index in [-0.39, 0.29) is 17.5 Å². The molecule has 1 fully saturated rings. The highest BCUT2D eigenvalue weighted by Gasteiger charge is 2.49. The topological polar surface area (TPSA) is 185 Å². The quantitative estimate of drug-likeness (QED) is 0.0829. The predicted octanol–water partition coefficient (Wildman–Crippen LogP) is 8.15. The molecule has 0 aromatic heterocycles. The van der Waals surface area contributed by atoms with E-state index < -0.39 is 29.4 Å². The minimum atomic E-state index is -1.28. The number of rotatable bonds is 7. The molecule has 13 nitrogen and oxygen atoms in total. The summed E-state index contributed by atoms with van der Waals surface area (Å²) in [6.45, 7) is 8.85. The lowest BCUT2D eigenvalue weighted by Gasteiger charge is -2.36. The average Bonchev–Trinajstić information content (AvgIpc) is 3.78. The summed E-state index contributed by atoms with van der Waals surface area (Å²) in [6.07, 6.45) is 1.79. The van der Waals surface area contributed by atoms with Crippen LogP contribution in [0.2, 0.25) is 0 Å². The van der Waals surface area contributed by atoms with Gasteiger partial charge in [-0.1, -0.05) is 48.5 Å². The van der Waals surface area contributed by atoms with Crippen molar-refractivity contribution in [1.82, 2.24) is 5.48 Å². The molecule has 3 aliphatic rings. The van der Waals surface area contributed by atoms with Crippen LogP contribution in [0.15, 0.2) is 107 Å². The van der Waals surface area contributed by atoms with E-state index in [1.54, 1.807) is 48.5 Å². The summed E-state index contributed by atoms with van der Waals surface area (Å²) in [5, 5.41) is 49.5.